The van der Waals surface area contributed by atoms with Crippen molar-refractivity contribution >= 4 is 40.9 Å². The highest BCUT2D eigenvalue weighted by Gasteiger charge is 2.45. The molecule has 0 saturated carbocycles. The second kappa shape index (κ2) is 10.5. The van der Waals surface area contributed by atoms with Gasteiger partial charge >= 0.3 is 0 Å². The van der Waals surface area contributed by atoms with Crippen LogP contribution in [-0.4, -0.2) is 34.7 Å². The Bertz CT molecular complexity index is 1190. The molecule has 0 radical (unpaired) electrons. The van der Waals surface area contributed by atoms with E-state index in [0.717, 1.165) is 21.0 Å². The average molecular weight is 490 g/mol. The van der Waals surface area contributed by atoms with Crippen LogP contribution < -0.4 is 10.3 Å². The van der Waals surface area contributed by atoms with Crippen LogP contribution in [0.15, 0.2) is 84.9 Å². The quantitative estimate of drug-likeness (QED) is 0.417. The van der Waals surface area contributed by atoms with Gasteiger partial charge < -0.3 is 0 Å². The van der Waals surface area contributed by atoms with Gasteiger partial charge in [0.15, 0.2) is 0 Å². The average Bonchev–Trinajstić information content (AvgIpc) is 3.17. The third-order valence-corrected chi connectivity index (χ3v) is 6.10. The largest absolute Gasteiger partial charge is 0.274 e. The van der Waals surface area contributed by atoms with Crippen LogP contribution in [0.3, 0.4) is 0 Å². The SMILES string of the molecule is CCC(=O)N(NC(=O)C(c1ccccc1)c1ccccc1)C1CC(=O)N(c2ccc(Cl)cc2)C1=O. The van der Waals surface area contributed by atoms with E-state index >= 15 is 0 Å². The van der Waals surface area contributed by atoms with E-state index in [1.807, 2.05) is 60.7 Å². The van der Waals surface area contributed by atoms with E-state index in [1.165, 1.54) is 0 Å². The number of anilines is 1. The Hall–Kier alpha value is -3.97. The molecule has 4 rings (SSSR count). The zero-order valence-corrected chi connectivity index (χ0v) is 19.8. The molecule has 1 unspecified atom stereocenters. The molecule has 178 valence electrons. The lowest BCUT2D eigenvalue weighted by atomic mass is 9.91. The Kier molecular flexibility index (Phi) is 7.27. The Morgan fingerprint density at radius 3 is 2.00 bits per heavy atom. The first kappa shape index (κ1) is 24.2. The summed E-state index contributed by atoms with van der Waals surface area (Å²) >= 11 is 5.93. The molecule has 1 aliphatic heterocycles. The Balaban J connectivity index is 1.64. The second-order valence-corrected chi connectivity index (χ2v) is 8.55. The summed E-state index contributed by atoms with van der Waals surface area (Å²) < 4.78 is 0. The monoisotopic (exact) mass is 489 g/mol. The Labute approximate surface area is 208 Å². The third-order valence-electron chi connectivity index (χ3n) is 5.85. The van der Waals surface area contributed by atoms with Gasteiger partial charge in [-0.3, -0.25) is 24.6 Å². The van der Waals surface area contributed by atoms with Gasteiger partial charge in [0.25, 0.3) is 11.8 Å². The number of hydrogen-bond acceptors (Lipinski definition) is 4. The van der Waals surface area contributed by atoms with Crippen molar-refractivity contribution < 1.29 is 19.2 Å². The van der Waals surface area contributed by atoms with Crippen LogP contribution in [0.25, 0.3) is 0 Å². The number of nitrogens with one attached hydrogen (secondary N) is 1. The summed E-state index contributed by atoms with van der Waals surface area (Å²) in [7, 11) is 0. The fourth-order valence-electron chi connectivity index (χ4n) is 4.13. The normalized spacial score (nSPS) is 15.4. The number of rotatable bonds is 6. The van der Waals surface area contributed by atoms with Gasteiger partial charge in [0.1, 0.15) is 6.04 Å². The van der Waals surface area contributed by atoms with Gasteiger partial charge in [-0.05, 0) is 35.4 Å². The Morgan fingerprint density at radius 2 is 1.49 bits per heavy atom. The maximum atomic E-state index is 13.6. The molecule has 0 spiro atoms. The molecule has 1 saturated heterocycles. The lowest BCUT2D eigenvalue weighted by Crippen LogP contribution is -2.55. The molecule has 3 aromatic rings. The summed E-state index contributed by atoms with van der Waals surface area (Å²) in [6.45, 7) is 1.63. The number of amides is 4. The first-order chi connectivity index (χ1) is 16.9. The molecule has 1 N–H and O–H groups in total. The predicted molar refractivity (Wildman–Crippen MR) is 132 cm³/mol. The van der Waals surface area contributed by atoms with Crippen LogP contribution in [-0.2, 0) is 19.2 Å². The van der Waals surface area contributed by atoms with Crippen LogP contribution in [0, 0.1) is 0 Å². The summed E-state index contributed by atoms with van der Waals surface area (Å²) in [5.41, 5.74) is 4.48. The number of imide groups is 1. The standard InChI is InChI=1S/C27H24ClN3O4/c1-2-23(32)31(22-17-24(33)30(27(22)35)21-15-13-20(28)14-16-21)29-26(34)25(18-9-5-3-6-10-18)19-11-7-4-8-12-19/h3-16,22,25H,2,17H2,1H3,(H,29,34). The summed E-state index contributed by atoms with van der Waals surface area (Å²) in [4.78, 5) is 53.5. The number of hydrazine groups is 1. The van der Waals surface area contributed by atoms with Crippen LogP contribution in [0.5, 0.6) is 0 Å². The van der Waals surface area contributed by atoms with Gasteiger partial charge in [0.2, 0.25) is 11.8 Å². The molecule has 1 atom stereocenters. The number of benzene rings is 3. The molecule has 1 heterocycles. The maximum absolute atomic E-state index is 13.6. The van der Waals surface area contributed by atoms with Crippen molar-refractivity contribution in [2.75, 3.05) is 4.90 Å². The number of halogens is 1. The molecule has 4 amide bonds. The number of nitrogens with zero attached hydrogens (tertiary/aromatic N) is 2. The van der Waals surface area contributed by atoms with E-state index < -0.39 is 35.6 Å². The molecule has 0 aromatic heterocycles. The van der Waals surface area contributed by atoms with Gasteiger partial charge in [-0.25, -0.2) is 9.91 Å². The van der Waals surface area contributed by atoms with Crippen molar-refractivity contribution in [2.45, 2.75) is 31.7 Å². The van der Waals surface area contributed by atoms with Gasteiger partial charge in [-0.15, -0.1) is 0 Å². The second-order valence-electron chi connectivity index (χ2n) is 8.11. The molecule has 3 aromatic carbocycles. The topological polar surface area (TPSA) is 86.8 Å². The summed E-state index contributed by atoms with van der Waals surface area (Å²) in [5, 5.41) is 1.48. The fourth-order valence-corrected chi connectivity index (χ4v) is 4.26. The molecule has 0 bridgehead atoms. The van der Waals surface area contributed by atoms with Gasteiger partial charge in [0, 0.05) is 11.4 Å². The zero-order chi connectivity index (χ0) is 24.9. The van der Waals surface area contributed by atoms with Crippen molar-refractivity contribution in [3.8, 4) is 0 Å². The highest BCUT2D eigenvalue weighted by atomic mass is 35.5. The van der Waals surface area contributed by atoms with E-state index in [4.69, 9.17) is 11.6 Å². The van der Waals surface area contributed by atoms with Crippen molar-refractivity contribution in [3.63, 3.8) is 0 Å². The van der Waals surface area contributed by atoms with Crippen LogP contribution >= 0.6 is 11.6 Å². The van der Waals surface area contributed by atoms with Gasteiger partial charge in [-0.1, -0.05) is 79.2 Å². The van der Waals surface area contributed by atoms with Crippen molar-refractivity contribution in [1.29, 1.82) is 0 Å². The van der Waals surface area contributed by atoms with E-state index in [-0.39, 0.29) is 12.8 Å². The third kappa shape index (κ3) is 5.10. The van der Waals surface area contributed by atoms with Crippen molar-refractivity contribution in [3.05, 3.63) is 101 Å². The molecule has 7 nitrogen and oxygen atoms in total. The lowest BCUT2D eigenvalue weighted by molar-refractivity contribution is -0.147. The number of carbonyl (C=O) groups excluding carboxylic acids is 4. The zero-order valence-electron chi connectivity index (χ0n) is 19.1. The first-order valence-electron chi connectivity index (χ1n) is 11.3. The minimum absolute atomic E-state index is 0.0422. The lowest BCUT2D eigenvalue weighted by Gasteiger charge is -2.29. The molecule has 1 fully saturated rings. The van der Waals surface area contributed by atoms with Crippen LogP contribution in [0.4, 0.5) is 5.69 Å². The van der Waals surface area contributed by atoms with E-state index in [2.05, 4.69) is 5.43 Å². The Morgan fingerprint density at radius 1 is 0.943 bits per heavy atom. The van der Waals surface area contributed by atoms with E-state index in [9.17, 15) is 19.2 Å². The number of carbonyl (C=O) groups is 4. The fraction of sp³-hybridized carbons (Fsp3) is 0.185. The first-order valence-corrected chi connectivity index (χ1v) is 11.6. The molecule has 1 aliphatic rings. The van der Waals surface area contributed by atoms with Crippen molar-refractivity contribution in [1.82, 2.24) is 10.4 Å². The number of hydrogen-bond donors (Lipinski definition) is 1. The van der Waals surface area contributed by atoms with E-state index in [1.54, 1.807) is 31.2 Å². The van der Waals surface area contributed by atoms with Crippen molar-refractivity contribution in [2.24, 2.45) is 0 Å². The minimum atomic E-state index is -1.15. The molecular formula is C27H24ClN3O4. The summed E-state index contributed by atoms with van der Waals surface area (Å²) in [6.07, 6.45) is -0.199. The predicted octanol–water partition coefficient (Wildman–Crippen LogP) is 4.07. The smallest absolute Gasteiger partial charge is 0.259 e. The highest BCUT2D eigenvalue weighted by molar-refractivity contribution is 6.31. The van der Waals surface area contributed by atoms with Gasteiger partial charge in [-0.2, -0.15) is 0 Å². The molecular weight excluding hydrogens is 466 g/mol. The van der Waals surface area contributed by atoms with Crippen LogP contribution in [0.2, 0.25) is 5.02 Å². The minimum Gasteiger partial charge on any atom is -0.274 e. The molecule has 0 aliphatic carbocycles. The summed E-state index contributed by atoms with van der Waals surface area (Å²) in [6, 6.07) is 23.5. The highest BCUT2D eigenvalue weighted by Crippen LogP contribution is 2.28. The van der Waals surface area contributed by atoms with Crippen LogP contribution in [0.1, 0.15) is 36.8 Å². The molecule has 35 heavy (non-hydrogen) atoms. The summed E-state index contributed by atoms with van der Waals surface area (Å²) in [5.74, 6) is -2.72. The maximum Gasteiger partial charge on any atom is 0.259 e. The van der Waals surface area contributed by atoms with Gasteiger partial charge in [0.05, 0.1) is 18.0 Å². The molecule has 8 heteroatoms. The van der Waals surface area contributed by atoms with E-state index in [0.29, 0.717) is 10.7 Å².